The number of benzene rings is 1. The Labute approximate surface area is 197 Å². The summed E-state index contributed by atoms with van der Waals surface area (Å²) in [5.74, 6) is 1.06. The molecule has 2 aromatic rings. The average molecular weight is 472 g/mol. The molecule has 10 heteroatoms. The van der Waals surface area contributed by atoms with Crippen LogP contribution in [0.2, 0.25) is 5.02 Å². The van der Waals surface area contributed by atoms with Crippen LogP contribution in [-0.4, -0.2) is 65.8 Å². The van der Waals surface area contributed by atoms with Gasteiger partial charge in [-0.25, -0.2) is 0 Å². The van der Waals surface area contributed by atoms with E-state index in [-0.39, 0.29) is 36.5 Å². The monoisotopic (exact) mass is 471 g/mol. The number of amides is 1. The number of nitriles is 1. The topological polar surface area (TPSA) is 121 Å². The number of aliphatic hydroxyl groups excluding tert-OH is 1. The molecule has 2 N–H and O–H groups in total. The van der Waals surface area contributed by atoms with Crippen LogP contribution in [0, 0.1) is 11.3 Å². The number of nitrogens with one attached hydrogen (secondary N) is 1. The van der Waals surface area contributed by atoms with E-state index in [0.717, 1.165) is 25.7 Å². The molecule has 33 heavy (non-hydrogen) atoms. The van der Waals surface area contributed by atoms with Crippen LogP contribution < -0.4 is 15.0 Å². The lowest BCUT2D eigenvalue weighted by Crippen LogP contribution is -2.44. The Balaban J connectivity index is 1.25. The van der Waals surface area contributed by atoms with Crippen molar-refractivity contribution in [2.75, 3.05) is 31.2 Å². The molecule has 1 amide bonds. The van der Waals surface area contributed by atoms with Crippen LogP contribution in [0.15, 0.2) is 30.3 Å². The molecular formula is C23H26ClN5O4. The molecule has 1 saturated heterocycles. The van der Waals surface area contributed by atoms with E-state index in [1.165, 1.54) is 0 Å². The maximum Gasteiger partial charge on any atom is 0.272 e. The summed E-state index contributed by atoms with van der Waals surface area (Å²) < 4.78 is 11.5. The normalized spacial score (nSPS) is 22.9. The summed E-state index contributed by atoms with van der Waals surface area (Å²) in [6.07, 6.45) is 2.99. The van der Waals surface area contributed by atoms with Crippen molar-refractivity contribution in [1.82, 2.24) is 15.5 Å². The van der Waals surface area contributed by atoms with Gasteiger partial charge >= 0.3 is 0 Å². The number of anilines is 1. The van der Waals surface area contributed by atoms with Crippen molar-refractivity contribution in [2.45, 2.75) is 43.9 Å². The molecular weight excluding hydrogens is 446 g/mol. The van der Waals surface area contributed by atoms with Crippen molar-refractivity contribution >= 4 is 23.3 Å². The fourth-order valence-electron chi connectivity index (χ4n) is 4.09. The second kappa shape index (κ2) is 10.8. The minimum absolute atomic E-state index is 0.0394. The Morgan fingerprint density at radius 3 is 2.76 bits per heavy atom. The summed E-state index contributed by atoms with van der Waals surface area (Å²) in [5.41, 5.74) is 0.696. The number of nitrogens with zero attached hydrogens (tertiary/aromatic N) is 4. The van der Waals surface area contributed by atoms with Crippen LogP contribution in [0.25, 0.3) is 0 Å². The van der Waals surface area contributed by atoms with E-state index in [1.807, 2.05) is 11.0 Å². The van der Waals surface area contributed by atoms with Crippen LogP contribution >= 0.6 is 11.6 Å². The Kier molecular flexibility index (Phi) is 7.60. The van der Waals surface area contributed by atoms with Crippen molar-refractivity contribution in [3.05, 3.63) is 46.6 Å². The molecule has 1 aromatic carbocycles. The number of morpholine rings is 1. The molecule has 1 atom stereocenters. The predicted octanol–water partition coefficient (Wildman–Crippen LogP) is 2.32. The van der Waals surface area contributed by atoms with Gasteiger partial charge in [0.1, 0.15) is 11.8 Å². The van der Waals surface area contributed by atoms with Gasteiger partial charge in [0.25, 0.3) is 5.91 Å². The highest BCUT2D eigenvalue weighted by Gasteiger charge is 2.25. The van der Waals surface area contributed by atoms with E-state index < -0.39 is 0 Å². The predicted molar refractivity (Wildman–Crippen MR) is 121 cm³/mol. The SMILES string of the molecule is N#Cc1ccc(OC2CCC(NC(=O)c3ccc(N4CCO[C@@H](CO)C4)nn3)CC2)cc1Cl. The molecule has 1 saturated carbocycles. The van der Waals surface area contributed by atoms with E-state index in [1.54, 1.807) is 30.3 Å². The number of hydrogen-bond donors (Lipinski definition) is 2. The average Bonchev–Trinajstić information content (AvgIpc) is 2.85. The third kappa shape index (κ3) is 5.90. The molecule has 2 aliphatic rings. The highest BCUT2D eigenvalue weighted by atomic mass is 35.5. The largest absolute Gasteiger partial charge is 0.490 e. The van der Waals surface area contributed by atoms with Crippen LogP contribution in [0.5, 0.6) is 5.75 Å². The second-order valence-corrected chi connectivity index (χ2v) is 8.62. The van der Waals surface area contributed by atoms with Gasteiger partial charge in [-0.15, -0.1) is 10.2 Å². The number of carbonyl (C=O) groups excluding carboxylic acids is 1. The lowest BCUT2D eigenvalue weighted by molar-refractivity contribution is 0.00332. The number of halogens is 1. The zero-order valence-corrected chi connectivity index (χ0v) is 18.9. The van der Waals surface area contributed by atoms with Gasteiger partial charge in [-0.1, -0.05) is 11.6 Å². The zero-order valence-electron chi connectivity index (χ0n) is 18.1. The maximum atomic E-state index is 12.6. The first-order valence-corrected chi connectivity index (χ1v) is 11.4. The van der Waals surface area contributed by atoms with Crippen LogP contribution in [0.1, 0.15) is 41.7 Å². The van der Waals surface area contributed by atoms with Crippen LogP contribution in [0.4, 0.5) is 5.82 Å². The maximum absolute atomic E-state index is 12.6. The van der Waals surface area contributed by atoms with Gasteiger partial charge in [-0.2, -0.15) is 5.26 Å². The Bertz CT molecular complexity index is 1000. The zero-order chi connectivity index (χ0) is 23.2. The second-order valence-electron chi connectivity index (χ2n) is 8.22. The summed E-state index contributed by atoms with van der Waals surface area (Å²) in [7, 11) is 0. The molecule has 2 fully saturated rings. The van der Waals surface area contributed by atoms with Gasteiger partial charge in [0.15, 0.2) is 11.5 Å². The van der Waals surface area contributed by atoms with Crippen molar-refractivity contribution in [2.24, 2.45) is 0 Å². The van der Waals surface area contributed by atoms with Crippen LogP contribution in [-0.2, 0) is 4.74 Å². The Morgan fingerprint density at radius 2 is 2.09 bits per heavy atom. The van der Waals surface area contributed by atoms with E-state index in [0.29, 0.717) is 41.8 Å². The molecule has 4 rings (SSSR count). The van der Waals surface area contributed by atoms with Crippen molar-refractivity contribution in [1.29, 1.82) is 5.26 Å². The number of hydrogen-bond acceptors (Lipinski definition) is 8. The Morgan fingerprint density at radius 1 is 1.27 bits per heavy atom. The Hall–Kier alpha value is -2.93. The molecule has 174 valence electrons. The smallest absolute Gasteiger partial charge is 0.272 e. The minimum atomic E-state index is -0.243. The van der Waals surface area contributed by atoms with Crippen LogP contribution in [0.3, 0.4) is 0 Å². The lowest BCUT2D eigenvalue weighted by atomic mass is 9.93. The standard InChI is InChI=1S/C23H26ClN5O4/c24-20-11-18(4-1-15(20)12-25)33-17-5-2-16(3-6-17)26-23(31)21-7-8-22(28-27-21)29-9-10-32-19(13-29)14-30/h1,4,7-8,11,16-17,19,30H,2-3,5-6,9-10,13-14H2,(H,26,31)/t16?,17?,19-/m1/s1. The summed E-state index contributed by atoms with van der Waals surface area (Å²) in [5, 5.41) is 30.0. The number of aromatic nitrogens is 2. The first-order chi connectivity index (χ1) is 16.1. The number of carbonyl (C=O) groups is 1. The summed E-state index contributed by atoms with van der Waals surface area (Å²) >= 11 is 6.07. The highest BCUT2D eigenvalue weighted by Crippen LogP contribution is 2.27. The molecule has 0 spiro atoms. The first kappa shape index (κ1) is 23.2. The molecule has 0 bridgehead atoms. The van der Waals surface area contributed by atoms with E-state index in [4.69, 9.17) is 26.3 Å². The van der Waals surface area contributed by atoms with Crippen molar-refractivity contribution in [3.8, 4) is 11.8 Å². The number of ether oxygens (including phenoxy) is 2. The fourth-order valence-corrected chi connectivity index (χ4v) is 4.30. The number of rotatable bonds is 6. The molecule has 9 nitrogen and oxygen atoms in total. The molecule has 0 unspecified atom stereocenters. The summed E-state index contributed by atoms with van der Waals surface area (Å²) in [6, 6.07) is 10.6. The lowest BCUT2D eigenvalue weighted by Gasteiger charge is -2.32. The minimum Gasteiger partial charge on any atom is -0.490 e. The summed E-state index contributed by atoms with van der Waals surface area (Å²) in [6.45, 7) is 1.67. The molecule has 0 radical (unpaired) electrons. The van der Waals surface area contributed by atoms with Gasteiger partial charge in [-0.05, 0) is 49.9 Å². The molecule has 1 aromatic heterocycles. The van der Waals surface area contributed by atoms with Crippen molar-refractivity contribution < 1.29 is 19.4 Å². The van der Waals surface area contributed by atoms with Gasteiger partial charge in [0, 0.05) is 25.2 Å². The highest BCUT2D eigenvalue weighted by molar-refractivity contribution is 6.31. The third-order valence-corrected chi connectivity index (χ3v) is 6.24. The fraction of sp³-hybridized carbons (Fsp3) is 0.478. The van der Waals surface area contributed by atoms with E-state index in [2.05, 4.69) is 15.5 Å². The molecule has 1 aliphatic carbocycles. The first-order valence-electron chi connectivity index (χ1n) is 11.0. The van der Waals surface area contributed by atoms with Gasteiger partial charge in [0.2, 0.25) is 0 Å². The number of aliphatic hydroxyl groups is 1. The third-order valence-electron chi connectivity index (χ3n) is 5.92. The van der Waals surface area contributed by atoms with E-state index in [9.17, 15) is 9.90 Å². The van der Waals surface area contributed by atoms with Gasteiger partial charge < -0.3 is 24.8 Å². The van der Waals surface area contributed by atoms with Gasteiger partial charge in [-0.3, -0.25) is 4.79 Å². The summed E-state index contributed by atoms with van der Waals surface area (Å²) in [4.78, 5) is 14.6. The van der Waals surface area contributed by atoms with E-state index >= 15 is 0 Å². The molecule has 2 heterocycles. The van der Waals surface area contributed by atoms with Gasteiger partial charge in [0.05, 0.1) is 36.0 Å². The van der Waals surface area contributed by atoms with Crippen molar-refractivity contribution in [3.63, 3.8) is 0 Å². The molecule has 1 aliphatic heterocycles. The quantitative estimate of drug-likeness (QED) is 0.658.